The Hall–Kier alpha value is -1.40. The smallest absolute Gasteiger partial charge is 0.140 e. The van der Waals surface area contributed by atoms with Crippen LogP contribution in [0, 0.1) is 0 Å². The quantitative estimate of drug-likeness (QED) is 0.0808. The summed E-state index contributed by atoms with van der Waals surface area (Å²) >= 11 is 71.6. The first-order valence-electron chi connectivity index (χ1n) is 17.3. The van der Waals surface area contributed by atoms with Gasteiger partial charge in [0.15, 0.2) is 0 Å². The number of rotatable bonds is 8. The highest BCUT2D eigenvalue weighted by molar-refractivity contribution is 7.70. The highest BCUT2D eigenvalue weighted by Gasteiger charge is 2.32. The molecular weight excluding hydrogens is 1010 g/mol. The van der Waals surface area contributed by atoms with Gasteiger partial charge in [0, 0.05) is 0 Å². The summed E-state index contributed by atoms with van der Waals surface area (Å²) in [6.45, 7) is 0. The van der Waals surface area contributed by atoms with Crippen molar-refractivity contribution in [2.24, 2.45) is 0 Å². The average Bonchev–Trinajstić information content (AvgIpc) is 3.18. The van der Waals surface area contributed by atoms with Crippen molar-refractivity contribution in [1.29, 1.82) is 0 Å². The summed E-state index contributed by atoms with van der Waals surface area (Å²) in [7, 11) is -1.74. The van der Waals surface area contributed by atoms with Crippen LogP contribution in [0.5, 0.6) is 0 Å². The van der Waals surface area contributed by atoms with Gasteiger partial charge in [-0.15, -0.1) is 122 Å². The fraction of sp³-hybridized carbons (Fsp3) is 0. The third-order valence-electron chi connectivity index (χ3n) is 10.1. The molecule has 0 saturated carbocycles. The lowest BCUT2D eigenvalue weighted by Gasteiger charge is -2.26. The van der Waals surface area contributed by atoms with E-state index in [0.29, 0.717) is 15.6 Å². The second kappa shape index (κ2) is 16.5. The standard InChI is InChI=1S/C42H24Cl11Si4/c43-54(44)29-17-9-25(10-18-29)37-33-5-1-2-6-34(33)39(27-13-21-31(22-14-27)56(48,49)50)42-40(28-15-23-32(24-16-28)57(51,52)53)36-8-4-3-7-35(36)38(41(37)42)26-11-19-30(20-12-26)55(45,46)47/h1-24H. The Bertz CT molecular complexity index is 2730. The number of hydrogen-bond acceptors (Lipinski definition) is 0. The van der Waals surface area contributed by atoms with E-state index in [9.17, 15) is 0 Å². The van der Waals surface area contributed by atoms with Crippen LogP contribution in [-0.2, 0) is 0 Å². The van der Waals surface area contributed by atoms with Crippen LogP contribution in [0.2, 0.25) is 0 Å². The topological polar surface area (TPSA) is 0 Å². The molecule has 0 aliphatic carbocycles. The summed E-state index contributed by atoms with van der Waals surface area (Å²) < 4.78 is 0. The first-order chi connectivity index (χ1) is 27.0. The molecule has 1 radical (unpaired) electrons. The van der Waals surface area contributed by atoms with E-state index in [1.54, 1.807) is 0 Å². The maximum Gasteiger partial charge on any atom is 0.372 e. The maximum absolute atomic E-state index is 6.52. The van der Waals surface area contributed by atoms with Gasteiger partial charge >= 0.3 is 25.4 Å². The van der Waals surface area contributed by atoms with Crippen molar-refractivity contribution in [3.63, 3.8) is 0 Å². The molecule has 0 aliphatic rings. The van der Waals surface area contributed by atoms with Crippen LogP contribution < -0.4 is 20.7 Å². The van der Waals surface area contributed by atoms with Crippen LogP contribution in [-0.4, -0.2) is 25.4 Å². The van der Waals surface area contributed by atoms with Crippen LogP contribution in [0.25, 0.3) is 76.8 Å². The Morgan fingerprint density at radius 2 is 0.526 bits per heavy atom. The first kappa shape index (κ1) is 42.3. The van der Waals surface area contributed by atoms with Gasteiger partial charge in [-0.25, -0.2) is 0 Å². The molecule has 0 aliphatic heterocycles. The molecule has 0 N–H and O–H groups in total. The number of halogens is 11. The zero-order valence-electron chi connectivity index (χ0n) is 29.0. The van der Waals surface area contributed by atoms with E-state index in [4.69, 9.17) is 122 Å². The van der Waals surface area contributed by atoms with Crippen molar-refractivity contribution < 1.29 is 0 Å². The van der Waals surface area contributed by atoms with Gasteiger partial charge in [0.1, 0.15) is 0 Å². The van der Waals surface area contributed by atoms with Crippen molar-refractivity contribution in [2.45, 2.75) is 0 Å². The van der Waals surface area contributed by atoms with Crippen molar-refractivity contribution >= 4 is 200 Å². The molecule has 0 spiro atoms. The number of fused-ring (bicyclic) bond motifs is 3. The molecule has 0 unspecified atom stereocenters. The lowest BCUT2D eigenvalue weighted by molar-refractivity contribution is 1.65. The average molecular weight is 1030 g/mol. The second-order valence-electron chi connectivity index (χ2n) is 13.4. The van der Waals surface area contributed by atoms with Gasteiger partial charge in [-0.05, 0) is 97.6 Å². The summed E-state index contributed by atoms with van der Waals surface area (Å²) in [6, 6.07) is 39.3. The van der Waals surface area contributed by atoms with Crippen molar-refractivity contribution in [3.8, 4) is 44.5 Å². The third kappa shape index (κ3) is 8.34. The molecular formula is C42H24Cl11Si4. The van der Waals surface area contributed by atoms with E-state index in [2.05, 4.69) is 60.7 Å². The minimum Gasteiger partial charge on any atom is -0.140 e. The largest absolute Gasteiger partial charge is 0.372 e. The first-order valence-corrected chi connectivity index (χ1v) is 35.9. The third-order valence-corrected chi connectivity index (χ3v) is 21.0. The highest BCUT2D eigenvalue weighted by Crippen LogP contribution is 2.53. The zero-order valence-corrected chi connectivity index (χ0v) is 41.3. The van der Waals surface area contributed by atoms with Crippen molar-refractivity contribution in [3.05, 3.63) is 146 Å². The van der Waals surface area contributed by atoms with Gasteiger partial charge in [0.2, 0.25) is 0 Å². The Labute approximate surface area is 386 Å². The summed E-state index contributed by atoms with van der Waals surface area (Å²) in [5.41, 5.74) is 7.92. The van der Waals surface area contributed by atoms with Crippen LogP contribution >= 0.6 is 122 Å². The molecule has 0 saturated heterocycles. The molecule has 0 amide bonds. The number of hydrogen-bond donors (Lipinski definition) is 0. The molecule has 8 aromatic carbocycles. The Morgan fingerprint density at radius 1 is 0.298 bits per heavy atom. The molecule has 0 aromatic heterocycles. The molecule has 0 atom stereocenters. The second-order valence-corrected chi connectivity index (χ2v) is 42.6. The lowest BCUT2D eigenvalue weighted by atomic mass is 9.77. The van der Waals surface area contributed by atoms with E-state index >= 15 is 0 Å². The van der Waals surface area contributed by atoms with Crippen LogP contribution in [0.15, 0.2) is 146 Å². The monoisotopic (exact) mass is 1020 g/mol. The fourth-order valence-corrected chi connectivity index (χ4v) is 13.8. The van der Waals surface area contributed by atoms with E-state index in [1.807, 2.05) is 84.9 Å². The van der Waals surface area contributed by atoms with Gasteiger partial charge in [0.05, 0.1) is 0 Å². The zero-order chi connectivity index (χ0) is 40.4. The van der Waals surface area contributed by atoms with E-state index < -0.39 is 25.4 Å². The Morgan fingerprint density at radius 3 is 0.737 bits per heavy atom. The molecule has 0 fully saturated rings. The van der Waals surface area contributed by atoms with Gasteiger partial charge in [0.25, 0.3) is 0 Å². The normalized spacial score (nSPS) is 12.6. The van der Waals surface area contributed by atoms with Crippen molar-refractivity contribution in [2.75, 3.05) is 0 Å². The minimum atomic E-state index is -3.18. The SMILES string of the molecule is Cl[Si](Cl)c1ccc(-c2c3ccccc3c(-c3ccc([Si](Cl)(Cl)Cl)cc3)c3c(-c4ccc([Si](Cl)(Cl)Cl)cc4)c4ccccc4c(-c4ccc([Si](Cl)(Cl)Cl)cc4)c23)cc1. The van der Waals surface area contributed by atoms with E-state index in [-0.39, 0.29) is 0 Å². The summed E-state index contributed by atoms with van der Waals surface area (Å²) in [6.07, 6.45) is 0. The highest BCUT2D eigenvalue weighted by atomic mass is 35.9. The summed E-state index contributed by atoms with van der Waals surface area (Å²) in [5, 5.41) is 9.13. The van der Waals surface area contributed by atoms with Gasteiger partial charge in [-0.2, -0.15) is 0 Å². The van der Waals surface area contributed by atoms with Crippen LogP contribution in [0.1, 0.15) is 0 Å². The molecule has 15 heteroatoms. The lowest BCUT2D eigenvalue weighted by Crippen LogP contribution is -2.29. The predicted octanol–water partition coefficient (Wildman–Crippen LogP) is 14.6. The Kier molecular flexibility index (Phi) is 12.2. The Balaban J connectivity index is 1.65. The fourth-order valence-electron chi connectivity index (χ4n) is 7.57. The van der Waals surface area contributed by atoms with E-state index in [0.717, 1.165) is 82.0 Å². The summed E-state index contributed by atoms with van der Waals surface area (Å²) in [4.78, 5) is 0. The number of benzene rings is 8. The summed E-state index contributed by atoms with van der Waals surface area (Å²) in [5.74, 6) is 0. The van der Waals surface area contributed by atoms with Gasteiger partial charge < -0.3 is 0 Å². The maximum atomic E-state index is 6.52. The molecule has 8 aromatic rings. The molecule has 57 heavy (non-hydrogen) atoms. The van der Waals surface area contributed by atoms with E-state index in [1.165, 1.54) is 0 Å². The molecule has 0 bridgehead atoms. The van der Waals surface area contributed by atoms with Crippen molar-refractivity contribution in [1.82, 2.24) is 0 Å². The van der Waals surface area contributed by atoms with Crippen LogP contribution in [0.4, 0.5) is 0 Å². The molecule has 0 heterocycles. The molecule has 8 rings (SSSR count). The minimum absolute atomic E-state index is 0.691. The van der Waals surface area contributed by atoms with Gasteiger partial charge in [-0.1, -0.05) is 146 Å². The molecule has 285 valence electrons. The van der Waals surface area contributed by atoms with Crippen LogP contribution in [0.3, 0.4) is 0 Å². The van der Waals surface area contributed by atoms with Gasteiger partial charge in [-0.3, -0.25) is 0 Å². The molecule has 0 nitrogen and oxygen atoms in total. The predicted molar refractivity (Wildman–Crippen MR) is 267 cm³/mol.